The summed E-state index contributed by atoms with van der Waals surface area (Å²) in [6.07, 6.45) is -3.99. The van der Waals surface area contributed by atoms with Crippen LogP contribution in [0.1, 0.15) is 37.8 Å². The van der Waals surface area contributed by atoms with Gasteiger partial charge in [-0.2, -0.15) is 13.2 Å². The van der Waals surface area contributed by atoms with Crippen LogP contribution >= 0.6 is 0 Å². The number of hydrogen-bond acceptors (Lipinski definition) is 3. The maximum Gasteiger partial charge on any atom is 0.419 e. The summed E-state index contributed by atoms with van der Waals surface area (Å²) in [6, 6.07) is 2.55. The molecule has 9 heteroatoms. The highest BCUT2D eigenvalue weighted by Gasteiger charge is 2.34. The number of rotatable bonds is 5. The van der Waals surface area contributed by atoms with Gasteiger partial charge in [-0.15, -0.1) is 0 Å². The fraction of sp³-hybridized carbons (Fsp3) is 0.611. The summed E-state index contributed by atoms with van der Waals surface area (Å²) in [5, 5.41) is -0.446. The molecule has 0 spiro atoms. The highest BCUT2D eigenvalue weighted by Crippen LogP contribution is 2.32. The number of carbonyl (C=O) groups is 1. The molecule has 1 heterocycles. The molecule has 0 aromatic heterocycles. The average Bonchev–Trinajstić information content (AvgIpc) is 2.55. The Morgan fingerprint density at radius 3 is 2.33 bits per heavy atom. The van der Waals surface area contributed by atoms with E-state index in [0.717, 1.165) is 0 Å². The largest absolute Gasteiger partial charge is 0.419 e. The summed E-state index contributed by atoms with van der Waals surface area (Å²) >= 11 is 0. The van der Waals surface area contributed by atoms with Crippen LogP contribution in [0, 0.1) is 11.7 Å². The van der Waals surface area contributed by atoms with Gasteiger partial charge in [-0.25, -0.2) is 12.8 Å². The van der Waals surface area contributed by atoms with E-state index in [1.165, 1.54) is 11.0 Å². The molecule has 0 saturated carbocycles. The van der Waals surface area contributed by atoms with Crippen LogP contribution in [0.25, 0.3) is 0 Å². The monoisotopic (exact) mass is 409 g/mol. The number of halogens is 4. The third-order valence-electron chi connectivity index (χ3n) is 4.85. The molecule has 1 aliphatic heterocycles. The standard InChI is InChI=1S/C18H23F4NO3S/c1-12(2)27(25,26)11-13-5-7-23(8-6-13)17(24)10-14-3-4-16(19)15(9-14)18(20,21)22/h3-4,9,12-13H,5-8,10-11H2,1-2H3. The van der Waals surface area contributed by atoms with E-state index in [4.69, 9.17) is 0 Å². The average molecular weight is 409 g/mol. The first-order chi connectivity index (χ1) is 12.4. The fourth-order valence-corrected chi connectivity index (χ4v) is 4.43. The minimum absolute atomic E-state index is 0.0240. The predicted octanol–water partition coefficient (Wildman–Crippen LogP) is 3.45. The van der Waals surface area contributed by atoms with E-state index in [9.17, 15) is 30.8 Å². The van der Waals surface area contributed by atoms with Gasteiger partial charge in [0, 0.05) is 13.1 Å². The smallest absolute Gasteiger partial charge is 0.342 e. The van der Waals surface area contributed by atoms with Crippen molar-refractivity contribution in [1.82, 2.24) is 4.90 Å². The molecule has 0 aliphatic carbocycles. The van der Waals surface area contributed by atoms with Crippen molar-refractivity contribution < 1.29 is 30.8 Å². The Bertz CT molecular complexity index is 782. The summed E-state index contributed by atoms with van der Waals surface area (Å²) in [6.45, 7) is 3.99. The van der Waals surface area contributed by atoms with Crippen molar-refractivity contribution in [2.75, 3.05) is 18.8 Å². The molecule has 1 saturated heterocycles. The van der Waals surface area contributed by atoms with Crippen LogP contribution in [0.15, 0.2) is 18.2 Å². The Morgan fingerprint density at radius 2 is 1.81 bits per heavy atom. The number of likely N-dealkylation sites (tertiary alicyclic amines) is 1. The topological polar surface area (TPSA) is 54.5 Å². The molecule has 1 aromatic rings. The molecule has 1 fully saturated rings. The number of sulfone groups is 1. The molecule has 0 atom stereocenters. The first-order valence-electron chi connectivity index (χ1n) is 8.75. The molecule has 0 unspecified atom stereocenters. The first kappa shape index (κ1) is 21.7. The molecule has 0 radical (unpaired) electrons. The zero-order valence-electron chi connectivity index (χ0n) is 15.2. The summed E-state index contributed by atoms with van der Waals surface area (Å²) < 4.78 is 75.6. The van der Waals surface area contributed by atoms with Crippen molar-refractivity contribution in [2.45, 2.75) is 44.5 Å². The number of amides is 1. The van der Waals surface area contributed by atoms with Gasteiger partial charge in [0.1, 0.15) is 5.82 Å². The summed E-state index contributed by atoms with van der Waals surface area (Å²) in [5.41, 5.74) is -1.29. The van der Waals surface area contributed by atoms with Gasteiger partial charge >= 0.3 is 6.18 Å². The van der Waals surface area contributed by atoms with E-state index < -0.39 is 32.6 Å². The lowest BCUT2D eigenvalue weighted by molar-refractivity contribution is -0.140. The minimum Gasteiger partial charge on any atom is -0.342 e. The van der Waals surface area contributed by atoms with Gasteiger partial charge in [0.15, 0.2) is 9.84 Å². The van der Waals surface area contributed by atoms with Gasteiger partial charge in [-0.05, 0) is 50.3 Å². The number of piperidine rings is 1. The van der Waals surface area contributed by atoms with Gasteiger partial charge in [-0.3, -0.25) is 4.79 Å². The second kappa shape index (κ2) is 8.16. The maximum atomic E-state index is 13.3. The van der Waals surface area contributed by atoms with E-state index in [0.29, 0.717) is 38.1 Å². The van der Waals surface area contributed by atoms with Crippen molar-refractivity contribution in [3.63, 3.8) is 0 Å². The number of alkyl halides is 3. The molecule has 27 heavy (non-hydrogen) atoms. The molecule has 0 bridgehead atoms. The maximum absolute atomic E-state index is 13.3. The SMILES string of the molecule is CC(C)S(=O)(=O)CC1CCN(C(=O)Cc2ccc(F)c(C(F)(F)F)c2)CC1. The van der Waals surface area contributed by atoms with Crippen LogP contribution in [0.2, 0.25) is 0 Å². The number of benzene rings is 1. The highest BCUT2D eigenvalue weighted by molar-refractivity contribution is 7.91. The zero-order valence-corrected chi connectivity index (χ0v) is 16.0. The number of nitrogens with zero attached hydrogens (tertiary/aromatic N) is 1. The van der Waals surface area contributed by atoms with Gasteiger partial charge in [0.05, 0.1) is 23.0 Å². The van der Waals surface area contributed by atoms with Gasteiger partial charge in [-0.1, -0.05) is 6.07 Å². The molecule has 1 aliphatic rings. The number of carbonyl (C=O) groups excluding carboxylic acids is 1. The number of hydrogen-bond donors (Lipinski definition) is 0. The normalized spacial score (nSPS) is 16.8. The van der Waals surface area contributed by atoms with E-state index in [1.807, 2.05) is 0 Å². The van der Waals surface area contributed by atoms with Crippen LogP contribution < -0.4 is 0 Å². The van der Waals surface area contributed by atoms with Gasteiger partial charge < -0.3 is 4.90 Å². The molecule has 1 aromatic carbocycles. The van der Waals surface area contributed by atoms with Crippen molar-refractivity contribution in [3.05, 3.63) is 35.1 Å². The van der Waals surface area contributed by atoms with Crippen LogP contribution in [0.3, 0.4) is 0 Å². The minimum atomic E-state index is -4.82. The predicted molar refractivity (Wildman–Crippen MR) is 93.3 cm³/mol. The lowest BCUT2D eigenvalue weighted by Gasteiger charge is -2.32. The summed E-state index contributed by atoms with van der Waals surface area (Å²) in [7, 11) is -3.15. The molecule has 0 N–H and O–H groups in total. The fourth-order valence-electron chi connectivity index (χ4n) is 3.06. The third-order valence-corrected chi connectivity index (χ3v) is 7.22. The van der Waals surface area contributed by atoms with Gasteiger partial charge in [0.25, 0.3) is 0 Å². The lowest BCUT2D eigenvalue weighted by atomic mass is 9.98. The van der Waals surface area contributed by atoms with E-state index >= 15 is 0 Å². The summed E-state index contributed by atoms with van der Waals surface area (Å²) in [5.74, 6) is -1.66. The Morgan fingerprint density at radius 1 is 1.22 bits per heavy atom. The second-order valence-electron chi connectivity index (χ2n) is 7.19. The van der Waals surface area contributed by atoms with Crippen LogP contribution in [0.5, 0.6) is 0 Å². The molecule has 2 rings (SSSR count). The molecule has 1 amide bonds. The molecule has 4 nitrogen and oxygen atoms in total. The van der Waals surface area contributed by atoms with Crippen molar-refractivity contribution in [1.29, 1.82) is 0 Å². The van der Waals surface area contributed by atoms with Crippen LogP contribution in [-0.2, 0) is 27.2 Å². The first-order valence-corrected chi connectivity index (χ1v) is 10.5. The van der Waals surface area contributed by atoms with Crippen molar-refractivity contribution >= 4 is 15.7 Å². The lowest BCUT2D eigenvalue weighted by Crippen LogP contribution is -2.41. The quantitative estimate of drug-likeness (QED) is 0.700. The van der Waals surface area contributed by atoms with E-state index in [-0.39, 0.29) is 29.6 Å². The Labute approximate surface area is 156 Å². The second-order valence-corrected chi connectivity index (χ2v) is 9.79. The Kier molecular flexibility index (Phi) is 6.55. The van der Waals surface area contributed by atoms with Crippen molar-refractivity contribution in [2.24, 2.45) is 5.92 Å². The van der Waals surface area contributed by atoms with E-state index in [2.05, 4.69) is 0 Å². The zero-order chi connectivity index (χ0) is 20.4. The summed E-state index contributed by atoms with van der Waals surface area (Å²) in [4.78, 5) is 13.9. The van der Waals surface area contributed by atoms with Crippen LogP contribution in [0.4, 0.5) is 17.6 Å². The highest BCUT2D eigenvalue weighted by atomic mass is 32.2. The van der Waals surface area contributed by atoms with Gasteiger partial charge in [0.2, 0.25) is 5.91 Å². The van der Waals surface area contributed by atoms with Crippen molar-refractivity contribution in [3.8, 4) is 0 Å². The molecule has 152 valence electrons. The molecular formula is C18H23F4NO3S. The van der Waals surface area contributed by atoms with E-state index in [1.54, 1.807) is 13.8 Å². The Hall–Kier alpha value is -1.64. The third kappa shape index (κ3) is 5.67. The Balaban J connectivity index is 1.95. The molecular weight excluding hydrogens is 386 g/mol. The van der Waals surface area contributed by atoms with Crippen LogP contribution in [-0.4, -0.2) is 43.3 Å².